The van der Waals surface area contributed by atoms with Crippen molar-refractivity contribution in [3.8, 4) is 0 Å². The minimum Gasteiger partial charge on any atom is -0.454 e. The van der Waals surface area contributed by atoms with Crippen LogP contribution >= 0.6 is 0 Å². The summed E-state index contributed by atoms with van der Waals surface area (Å²) in [4.78, 5) is 54.7. The Morgan fingerprint density at radius 2 is 1.25 bits per heavy atom. The van der Waals surface area contributed by atoms with Gasteiger partial charge in [0.05, 0.1) is 11.8 Å². The van der Waals surface area contributed by atoms with E-state index < -0.39 is 12.0 Å². The molecule has 1 aliphatic heterocycles. The molecule has 0 aromatic rings. The number of nitrogens with zero attached hydrogens (tertiary/aromatic N) is 2. The Morgan fingerprint density at radius 3 is 1.72 bits per heavy atom. The number of rotatable bonds is 6. The van der Waals surface area contributed by atoms with Crippen LogP contribution in [0.25, 0.3) is 0 Å². The van der Waals surface area contributed by atoms with E-state index >= 15 is 0 Å². The van der Waals surface area contributed by atoms with Gasteiger partial charge in [0.25, 0.3) is 5.91 Å². The SMILES string of the molecule is C[C@@H](C(=O)OCC(=O)N(C1CCCCC1)C1CCCCC1)N1C(=O)C2CCCCC2C1=O. The Bertz CT molecular complexity index is 684. The first-order valence-corrected chi connectivity index (χ1v) is 12.8. The van der Waals surface area contributed by atoms with Crippen LogP contribution in [0.5, 0.6) is 0 Å². The van der Waals surface area contributed by atoms with Gasteiger partial charge in [-0.15, -0.1) is 0 Å². The number of amides is 3. The van der Waals surface area contributed by atoms with Gasteiger partial charge in [-0.2, -0.15) is 0 Å². The predicted molar refractivity (Wildman–Crippen MR) is 118 cm³/mol. The van der Waals surface area contributed by atoms with Crippen molar-refractivity contribution >= 4 is 23.7 Å². The highest BCUT2D eigenvalue weighted by atomic mass is 16.5. The molecule has 2 unspecified atom stereocenters. The first kappa shape index (κ1) is 23.2. The molecule has 0 radical (unpaired) electrons. The zero-order chi connectivity index (χ0) is 22.7. The first-order valence-electron chi connectivity index (χ1n) is 12.8. The number of hydrogen-bond donors (Lipinski definition) is 0. The van der Waals surface area contributed by atoms with Crippen LogP contribution in [0.1, 0.15) is 96.8 Å². The first-order chi connectivity index (χ1) is 15.5. The van der Waals surface area contributed by atoms with Crippen molar-refractivity contribution in [2.24, 2.45) is 11.8 Å². The summed E-state index contributed by atoms with van der Waals surface area (Å²) >= 11 is 0. The molecule has 0 spiro atoms. The number of carbonyl (C=O) groups is 4. The summed E-state index contributed by atoms with van der Waals surface area (Å²) in [6.45, 7) is 1.24. The fourth-order valence-electron chi connectivity index (χ4n) is 6.43. The van der Waals surface area contributed by atoms with Crippen molar-refractivity contribution in [3.05, 3.63) is 0 Å². The molecule has 3 saturated carbocycles. The van der Waals surface area contributed by atoms with E-state index in [0.29, 0.717) is 12.8 Å². The lowest BCUT2D eigenvalue weighted by Crippen LogP contribution is -2.51. The molecule has 7 nitrogen and oxygen atoms in total. The van der Waals surface area contributed by atoms with E-state index in [1.54, 1.807) is 6.92 Å². The third-order valence-corrected chi connectivity index (χ3v) is 8.17. The van der Waals surface area contributed by atoms with Gasteiger partial charge in [-0.1, -0.05) is 51.4 Å². The van der Waals surface area contributed by atoms with Crippen molar-refractivity contribution in [2.45, 2.75) is 115 Å². The van der Waals surface area contributed by atoms with Crippen molar-refractivity contribution in [1.82, 2.24) is 9.80 Å². The van der Waals surface area contributed by atoms with Crippen molar-refractivity contribution < 1.29 is 23.9 Å². The van der Waals surface area contributed by atoms with Crippen LogP contribution in [0.2, 0.25) is 0 Å². The van der Waals surface area contributed by atoms with E-state index in [0.717, 1.165) is 69.1 Å². The summed E-state index contributed by atoms with van der Waals surface area (Å²) in [5, 5.41) is 0. The molecule has 0 aromatic heterocycles. The lowest BCUT2D eigenvalue weighted by molar-refractivity contribution is -0.162. The van der Waals surface area contributed by atoms with Gasteiger partial charge in [-0.25, -0.2) is 4.79 Å². The lowest BCUT2D eigenvalue weighted by atomic mass is 9.81. The molecular formula is C25H38N2O5. The minimum absolute atomic E-state index is 0.128. The number of hydrogen-bond acceptors (Lipinski definition) is 5. The average molecular weight is 447 g/mol. The molecule has 1 saturated heterocycles. The molecule has 4 fully saturated rings. The molecule has 4 rings (SSSR count). The molecule has 4 aliphatic rings. The van der Waals surface area contributed by atoms with E-state index in [1.165, 1.54) is 12.8 Å². The summed E-state index contributed by atoms with van der Waals surface area (Å²) in [6, 6.07) is -0.508. The molecule has 3 aliphatic carbocycles. The van der Waals surface area contributed by atoms with Crippen LogP contribution in [0.15, 0.2) is 0 Å². The normalized spacial score (nSPS) is 28.3. The maximum absolute atomic E-state index is 13.2. The Kier molecular flexibility index (Phi) is 7.51. The molecule has 3 amide bonds. The summed E-state index contributed by atoms with van der Waals surface area (Å²) in [7, 11) is 0. The van der Waals surface area contributed by atoms with E-state index in [2.05, 4.69) is 0 Å². The van der Waals surface area contributed by atoms with E-state index in [1.807, 2.05) is 4.90 Å². The third kappa shape index (κ3) is 4.72. The van der Waals surface area contributed by atoms with Crippen LogP contribution < -0.4 is 0 Å². The molecule has 0 aromatic carbocycles. The fraction of sp³-hybridized carbons (Fsp3) is 0.840. The average Bonchev–Trinajstić information content (AvgIpc) is 3.08. The highest BCUT2D eigenvalue weighted by Crippen LogP contribution is 2.39. The Labute approximate surface area is 191 Å². The van der Waals surface area contributed by atoms with Crippen molar-refractivity contribution in [3.63, 3.8) is 0 Å². The number of carbonyl (C=O) groups excluding carboxylic acids is 4. The number of fused-ring (bicyclic) bond motifs is 1. The van der Waals surface area contributed by atoms with Gasteiger partial charge in [0.1, 0.15) is 6.04 Å². The van der Waals surface area contributed by atoms with Gasteiger partial charge in [0.15, 0.2) is 6.61 Å². The minimum atomic E-state index is -0.980. The standard InChI is InChI=1S/C25H38N2O5/c1-17(26-23(29)20-14-8-9-15-21(20)24(26)30)25(31)32-16-22(28)27(18-10-4-2-5-11-18)19-12-6-3-7-13-19/h17-21H,2-16H2,1H3/t17-,20?,21?/m0/s1. The van der Waals surface area contributed by atoms with Gasteiger partial charge < -0.3 is 9.64 Å². The summed E-state index contributed by atoms with van der Waals surface area (Å²) in [6.07, 6.45) is 14.4. The van der Waals surface area contributed by atoms with Crippen LogP contribution in [0.3, 0.4) is 0 Å². The predicted octanol–water partition coefficient (Wildman–Crippen LogP) is 3.59. The molecule has 3 atom stereocenters. The highest BCUT2D eigenvalue weighted by molar-refractivity contribution is 6.07. The second kappa shape index (κ2) is 10.3. The van der Waals surface area contributed by atoms with Gasteiger partial charge in [0, 0.05) is 12.1 Å². The monoisotopic (exact) mass is 446 g/mol. The second-order valence-corrected chi connectivity index (χ2v) is 10.2. The van der Waals surface area contributed by atoms with Crippen LogP contribution in [0.4, 0.5) is 0 Å². The van der Waals surface area contributed by atoms with Crippen LogP contribution in [-0.2, 0) is 23.9 Å². The quantitative estimate of drug-likeness (QED) is 0.460. The molecule has 1 heterocycles. The summed E-state index contributed by atoms with van der Waals surface area (Å²) in [5.74, 6) is -1.87. The fourth-order valence-corrected chi connectivity index (χ4v) is 6.43. The van der Waals surface area contributed by atoms with E-state index in [9.17, 15) is 19.2 Å². The number of likely N-dealkylation sites (tertiary alicyclic amines) is 1. The molecule has 0 bridgehead atoms. The van der Waals surface area contributed by atoms with Crippen LogP contribution in [-0.4, -0.2) is 58.2 Å². The number of imide groups is 1. The van der Waals surface area contributed by atoms with Gasteiger partial charge in [0.2, 0.25) is 11.8 Å². The maximum atomic E-state index is 13.2. The third-order valence-electron chi connectivity index (χ3n) is 8.17. The highest BCUT2D eigenvalue weighted by Gasteiger charge is 2.51. The zero-order valence-corrected chi connectivity index (χ0v) is 19.4. The zero-order valence-electron chi connectivity index (χ0n) is 19.4. The Hall–Kier alpha value is -1.92. The molecule has 7 heteroatoms. The van der Waals surface area contributed by atoms with Gasteiger partial charge >= 0.3 is 5.97 Å². The second-order valence-electron chi connectivity index (χ2n) is 10.2. The van der Waals surface area contributed by atoms with Crippen molar-refractivity contribution in [1.29, 1.82) is 0 Å². The smallest absolute Gasteiger partial charge is 0.329 e. The van der Waals surface area contributed by atoms with Crippen molar-refractivity contribution in [2.75, 3.05) is 6.61 Å². The number of ether oxygens (including phenoxy) is 1. The Balaban J connectivity index is 1.37. The molecule has 0 N–H and O–H groups in total. The summed E-state index contributed by atoms with van der Waals surface area (Å²) < 4.78 is 5.41. The van der Waals surface area contributed by atoms with Gasteiger partial charge in [-0.05, 0) is 45.4 Å². The molecular weight excluding hydrogens is 408 g/mol. The largest absolute Gasteiger partial charge is 0.454 e. The maximum Gasteiger partial charge on any atom is 0.329 e. The summed E-state index contributed by atoms with van der Waals surface area (Å²) in [5.41, 5.74) is 0. The van der Waals surface area contributed by atoms with Crippen LogP contribution in [0, 0.1) is 11.8 Å². The topological polar surface area (TPSA) is 84.0 Å². The lowest BCUT2D eigenvalue weighted by Gasteiger charge is -2.41. The Morgan fingerprint density at radius 1 is 0.812 bits per heavy atom. The molecule has 32 heavy (non-hydrogen) atoms. The van der Waals surface area contributed by atoms with E-state index in [4.69, 9.17) is 4.74 Å². The van der Waals surface area contributed by atoms with E-state index in [-0.39, 0.29) is 48.2 Å². The van der Waals surface area contributed by atoms with Gasteiger partial charge in [-0.3, -0.25) is 19.3 Å². The number of esters is 1. The molecule has 178 valence electrons.